The molecule has 1 aromatic carbocycles. The first-order valence-electron chi connectivity index (χ1n) is 5.63. The van der Waals surface area contributed by atoms with Gasteiger partial charge in [0.2, 0.25) is 5.91 Å². The van der Waals surface area contributed by atoms with E-state index in [-0.39, 0.29) is 16.8 Å². The van der Waals surface area contributed by atoms with Crippen molar-refractivity contribution in [3.63, 3.8) is 0 Å². The molecular formula is C12H11F3N2OS. The molecule has 1 unspecified atom stereocenters. The van der Waals surface area contributed by atoms with Crippen molar-refractivity contribution in [2.24, 2.45) is 4.99 Å². The minimum absolute atomic E-state index is 0.154. The lowest BCUT2D eigenvalue weighted by Gasteiger charge is -2.06. The van der Waals surface area contributed by atoms with E-state index < -0.39 is 11.7 Å². The maximum Gasteiger partial charge on any atom is 0.416 e. The van der Waals surface area contributed by atoms with Crippen LogP contribution in [0.15, 0.2) is 29.3 Å². The average Bonchev–Trinajstić information content (AvgIpc) is 2.68. The van der Waals surface area contributed by atoms with Gasteiger partial charge in [-0.3, -0.25) is 4.79 Å². The first-order valence-corrected chi connectivity index (χ1v) is 6.51. The number of halogens is 3. The zero-order valence-corrected chi connectivity index (χ0v) is 10.8. The Balaban J connectivity index is 2.23. The number of hydrogen-bond acceptors (Lipinski definition) is 3. The summed E-state index contributed by atoms with van der Waals surface area (Å²) in [5.74, 6) is -0.154. The molecule has 3 nitrogen and oxygen atoms in total. The van der Waals surface area contributed by atoms with Gasteiger partial charge in [-0.1, -0.05) is 24.8 Å². The molecule has 19 heavy (non-hydrogen) atoms. The van der Waals surface area contributed by atoms with Crippen LogP contribution in [0.2, 0.25) is 0 Å². The first kappa shape index (κ1) is 13.9. The largest absolute Gasteiger partial charge is 0.416 e. The van der Waals surface area contributed by atoms with Crippen LogP contribution in [-0.4, -0.2) is 16.3 Å². The highest BCUT2D eigenvalue weighted by Gasteiger charge is 2.31. The van der Waals surface area contributed by atoms with Gasteiger partial charge in [0.15, 0.2) is 5.17 Å². The second-order valence-electron chi connectivity index (χ2n) is 3.97. The monoisotopic (exact) mass is 288 g/mol. The number of rotatable bonds is 2. The molecular weight excluding hydrogens is 277 g/mol. The first-order chi connectivity index (χ1) is 8.90. The second-order valence-corrected chi connectivity index (χ2v) is 5.16. The maximum absolute atomic E-state index is 12.5. The number of benzene rings is 1. The van der Waals surface area contributed by atoms with Crippen molar-refractivity contribution in [2.45, 2.75) is 24.8 Å². The van der Waals surface area contributed by atoms with E-state index in [9.17, 15) is 18.0 Å². The van der Waals surface area contributed by atoms with Crippen LogP contribution < -0.4 is 5.32 Å². The van der Waals surface area contributed by atoms with Gasteiger partial charge in [-0.2, -0.15) is 13.2 Å². The van der Waals surface area contributed by atoms with Crippen molar-refractivity contribution >= 4 is 28.5 Å². The van der Waals surface area contributed by atoms with Crippen molar-refractivity contribution in [3.05, 3.63) is 29.8 Å². The van der Waals surface area contributed by atoms with Gasteiger partial charge in [0.25, 0.3) is 0 Å². The Labute approximate surface area is 112 Å². The molecule has 1 aromatic rings. The summed E-state index contributed by atoms with van der Waals surface area (Å²) in [6.45, 7) is 1.87. The fourth-order valence-electron chi connectivity index (χ4n) is 1.60. The SMILES string of the molecule is CCC1SC(=Nc2cccc(C(F)(F)F)c2)NC1=O. The van der Waals surface area contributed by atoms with Crippen LogP contribution in [0.3, 0.4) is 0 Å². The zero-order chi connectivity index (χ0) is 14.0. The normalized spacial score (nSPS) is 21.8. The number of alkyl halides is 3. The number of amidine groups is 1. The lowest BCUT2D eigenvalue weighted by molar-refractivity contribution is -0.137. The molecule has 1 aliphatic rings. The molecule has 1 atom stereocenters. The Bertz CT molecular complexity index is 528. The summed E-state index contributed by atoms with van der Waals surface area (Å²) in [5.41, 5.74) is -0.579. The fourth-order valence-corrected chi connectivity index (χ4v) is 2.52. The van der Waals surface area contributed by atoms with Crippen molar-refractivity contribution < 1.29 is 18.0 Å². The summed E-state index contributed by atoms with van der Waals surface area (Å²) in [7, 11) is 0. The Morgan fingerprint density at radius 2 is 2.16 bits per heavy atom. The topological polar surface area (TPSA) is 41.5 Å². The van der Waals surface area contributed by atoms with Gasteiger partial charge in [0.1, 0.15) is 0 Å². The summed E-state index contributed by atoms with van der Waals surface area (Å²) in [4.78, 5) is 15.5. The highest BCUT2D eigenvalue weighted by molar-refractivity contribution is 8.15. The maximum atomic E-state index is 12.5. The number of thioether (sulfide) groups is 1. The number of carbonyl (C=O) groups excluding carboxylic acids is 1. The van der Waals surface area contributed by atoms with Gasteiger partial charge >= 0.3 is 6.18 Å². The average molecular weight is 288 g/mol. The van der Waals surface area contributed by atoms with Crippen LogP contribution in [0.4, 0.5) is 18.9 Å². The van der Waals surface area contributed by atoms with Gasteiger partial charge < -0.3 is 5.32 Å². The molecule has 0 spiro atoms. The predicted octanol–water partition coefficient (Wildman–Crippen LogP) is 3.33. The Kier molecular flexibility index (Phi) is 3.84. The van der Waals surface area contributed by atoms with Crippen LogP contribution in [0.25, 0.3) is 0 Å². The molecule has 0 saturated carbocycles. The van der Waals surface area contributed by atoms with Gasteiger partial charge in [0.05, 0.1) is 16.5 Å². The van der Waals surface area contributed by atoms with E-state index in [1.165, 1.54) is 23.9 Å². The van der Waals surface area contributed by atoms with E-state index >= 15 is 0 Å². The summed E-state index contributed by atoms with van der Waals surface area (Å²) in [5, 5.41) is 2.68. The summed E-state index contributed by atoms with van der Waals surface area (Å²) < 4.78 is 37.6. The van der Waals surface area contributed by atoms with Crippen molar-refractivity contribution in [3.8, 4) is 0 Å². The molecule has 0 aromatic heterocycles. The minimum atomic E-state index is -4.39. The number of hydrogen-bond donors (Lipinski definition) is 1. The number of aliphatic imine (C=N–C) groups is 1. The van der Waals surface area contributed by atoms with Crippen molar-refractivity contribution in [1.29, 1.82) is 0 Å². The van der Waals surface area contributed by atoms with E-state index in [1.54, 1.807) is 0 Å². The molecule has 0 aliphatic carbocycles. The summed E-state index contributed by atoms with van der Waals surface area (Å²) in [6.07, 6.45) is -3.74. The molecule has 1 aliphatic heterocycles. The lowest BCUT2D eigenvalue weighted by atomic mass is 10.2. The highest BCUT2D eigenvalue weighted by Crippen LogP contribution is 2.32. The highest BCUT2D eigenvalue weighted by atomic mass is 32.2. The van der Waals surface area contributed by atoms with E-state index in [4.69, 9.17) is 0 Å². The number of nitrogens with one attached hydrogen (secondary N) is 1. The molecule has 0 bridgehead atoms. The summed E-state index contributed by atoms with van der Waals surface area (Å²) in [6, 6.07) is 4.70. The Morgan fingerprint density at radius 3 is 2.74 bits per heavy atom. The molecule has 1 saturated heterocycles. The molecule has 1 heterocycles. The zero-order valence-electron chi connectivity index (χ0n) is 9.99. The smallest absolute Gasteiger partial charge is 0.304 e. The minimum Gasteiger partial charge on any atom is -0.304 e. The molecule has 0 radical (unpaired) electrons. The van der Waals surface area contributed by atoms with Crippen LogP contribution in [0, 0.1) is 0 Å². The van der Waals surface area contributed by atoms with Crippen molar-refractivity contribution in [2.75, 3.05) is 0 Å². The number of amides is 1. The molecule has 2 rings (SSSR count). The van der Waals surface area contributed by atoms with Crippen LogP contribution in [0.1, 0.15) is 18.9 Å². The van der Waals surface area contributed by atoms with E-state index in [0.717, 1.165) is 12.1 Å². The third-order valence-electron chi connectivity index (χ3n) is 2.55. The van der Waals surface area contributed by atoms with E-state index in [1.807, 2.05) is 6.92 Å². The molecule has 102 valence electrons. The van der Waals surface area contributed by atoms with Gasteiger partial charge in [-0.15, -0.1) is 0 Å². The third kappa shape index (κ3) is 3.28. The van der Waals surface area contributed by atoms with Gasteiger partial charge in [-0.25, -0.2) is 4.99 Å². The van der Waals surface area contributed by atoms with Crippen molar-refractivity contribution in [1.82, 2.24) is 5.32 Å². The predicted molar refractivity (Wildman–Crippen MR) is 68.4 cm³/mol. The van der Waals surface area contributed by atoms with Crippen LogP contribution in [0.5, 0.6) is 0 Å². The van der Waals surface area contributed by atoms with E-state index in [0.29, 0.717) is 11.6 Å². The second kappa shape index (κ2) is 5.24. The number of carbonyl (C=O) groups is 1. The molecule has 1 amide bonds. The Morgan fingerprint density at radius 1 is 1.42 bits per heavy atom. The molecule has 7 heteroatoms. The number of nitrogens with zero attached hydrogens (tertiary/aromatic N) is 1. The van der Waals surface area contributed by atoms with Crippen LogP contribution in [-0.2, 0) is 11.0 Å². The van der Waals surface area contributed by atoms with E-state index in [2.05, 4.69) is 10.3 Å². The van der Waals surface area contributed by atoms with Gasteiger partial charge in [-0.05, 0) is 24.6 Å². The fraction of sp³-hybridized carbons (Fsp3) is 0.333. The lowest BCUT2D eigenvalue weighted by Crippen LogP contribution is -2.24. The Hall–Kier alpha value is -1.50. The standard InChI is InChI=1S/C12H11F3N2OS/c1-2-9-10(18)17-11(19-9)16-8-5-3-4-7(6-8)12(13,14)15/h3-6,9H,2H2,1H3,(H,16,17,18). The molecule has 1 fully saturated rings. The summed E-state index contributed by atoms with van der Waals surface area (Å²) >= 11 is 1.24. The molecule has 1 N–H and O–H groups in total. The van der Waals surface area contributed by atoms with Crippen LogP contribution >= 0.6 is 11.8 Å². The quantitative estimate of drug-likeness (QED) is 0.907. The van der Waals surface area contributed by atoms with Gasteiger partial charge in [0, 0.05) is 0 Å². The third-order valence-corrected chi connectivity index (χ3v) is 3.80.